The van der Waals surface area contributed by atoms with Gasteiger partial charge in [0.25, 0.3) is 0 Å². The Hall–Kier alpha value is -1.31. The van der Waals surface area contributed by atoms with Gasteiger partial charge in [0.15, 0.2) is 0 Å². The molecule has 2 rings (SSSR count). The average Bonchev–Trinajstić information content (AvgIpc) is 2.35. The molecule has 0 radical (unpaired) electrons. The van der Waals surface area contributed by atoms with Crippen molar-refractivity contribution in [3.8, 4) is 0 Å². The molecule has 21 heavy (non-hydrogen) atoms. The second-order valence-corrected chi connectivity index (χ2v) is 7.07. The van der Waals surface area contributed by atoms with E-state index in [1.165, 1.54) is 0 Å². The predicted molar refractivity (Wildman–Crippen MR) is 79.3 cm³/mol. The van der Waals surface area contributed by atoms with Gasteiger partial charge in [-0.3, -0.25) is 0 Å². The lowest BCUT2D eigenvalue weighted by atomic mass is 10.1. The molecule has 0 saturated carbocycles. The molecule has 0 aromatic heterocycles. The molecule has 0 atom stereocenters. The van der Waals surface area contributed by atoms with Crippen LogP contribution in [0.4, 0.5) is 8.78 Å². The summed E-state index contributed by atoms with van der Waals surface area (Å²) in [7, 11) is -4.09. The smallest absolute Gasteiger partial charge is 0.207 e. The number of halogens is 3. The second-order valence-electron chi connectivity index (χ2n) is 4.51. The lowest BCUT2D eigenvalue weighted by Crippen LogP contribution is -2.24. The Morgan fingerprint density at radius 1 is 1.19 bits per heavy atom. The molecule has 0 heterocycles. The molecule has 2 aromatic carbocycles. The van der Waals surface area contributed by atoms with E-state index in [1.54, 1.807) is 12.1 Å². The molecular formula is C14H12BrF2NO2S. The maximum atomic E-state index is 13.7. The maximum Gasteiger partial charge on any atom is 0.244 e. The minimum atomic E-state index is -4.09. The topological polar surface area (TPSA) is 46.2 Å². The van der Waals surface area contributed by atoms with E-state index in [0.29, 0.717) is 6.07 Å². The van der Waals surface area contributed by atoms with Crippen molar-refractivity contribution in [1.82, 2.24) is 4.72 Å². The Morgan fingerprint density at radius 3 is 2.52 bits per heavy atom. The van der Waals surface area contributed by atoms with Gasteiger partial charge in [0.2, 0.25) is 10.0 Å². The summed E-state index contributed by atoms with van der Waals surface area (Å²) in [6, 6.07) is 8.70. The number of benzene rings is 2. The number of nitrogens with one attached hydrogen (secondary N) is 1. The molecule has 7 heteroatoms. The average molecular weight is 376 g/mol. The summed E-state index contributed by atoms with van der Waals surface area (Å²) in [4.78, 5) is -0.600. The van der Waals surface area contributed by atoms with Crippen LogP contribution in [0.2, 0.25) is 0 Å². The molecule has 0 bridgehead atoms. The van der Waals surface area contributed by atoms with Crippen LogP contribution in [0.15, 0.2) is 45.8 Å². The highest BCUT2D eigenvalue weighted by Crippen LogP contribution is 2.26. The van der Waals surface area contributed by atoms with E-state index in [9.17, 15) is 17.2 Å². The molecule has 1 N–H and O–H groups in total. The summed E-state index contributed by atoms with van der Waals surface area (Å²) in [5.74, 6) is -1.99. The fourth-order valence-electron chi connectivity index (χ4n) is 1.86. The third-order valence-electron chi connectivity index (χ3n) is 2.78. The Balaban J connectivity index is 2.27. The van der Waals surface area contributed by atoms with Gasteiger partial charge in [-0.15, -0.1) is 0 Å². The highest BCUT2D eigenvalue weighted by atomic mass is 79.9. The van der Waals surface area contributed by atoms with Gasteiger partial charge in [0.1, 0.15) is 16.5 Å². The largest absolute Gasteiger partial charge is 0.244 e. The van der Waals surface area contributed by atoms with E-state index in [1.807, 2.05) is 19.1 Å². The van der Waals surface area contributed by atoms with E-state index in [-0.39, 0.29) is 11.0 Å². The Morgan fingerprint density at radius 2 is 1.90 bits per heavy atom. The van der Waals surface area contributed by atoms with Crippen LogP contribution < -0.4 is 4.72 Å². The zero-order valence-corrected chi connectivity index (χ0v) is 13.4. The van der Waals surface area contributed by atoms with E-state index in [2.05, 4.69) is 20.7 Å². The van der Waals surface area contributed by atoms with Gasteiger partial charge in [-0.2, -0.15) is 0 Å². The van der Waals surface area contributed by atoms with Crippen LogP contribution in [0.5, 0.6) is 0 Å². The number of hydrogen-bond acceptors (Lipinski definition) is 2. The van der Waals surface area contributed by atoms with Crippen molar-refractivity contribution in [3.05, 3.63) is 63.6 Å². The first-order chi connectivity index (χ1) is 9.79. The highest BCUT2D eigenvalue weighted by molar-refractivity contribution is 9.10. The van der Waals surface area contributed by atoms with Crippen LogP contribution in [-0.4, -0.2) is 8.42 Å². The quantitative estimate of drug-likeness (QED) is 0.888. The normalized spacial score (nSPS) is 11.6. The minimum Gasteiger partial charge on any atom is -0.207 e. The lowest BCUT2D eigenvalue weighted by molar-refractivity contribution is 0.540. The monoisotopic (exact) mass is 375 g/mol. The van der Waals surface area contributed by atoms with Crippen molar-refractivity contribution in [1.29, 1.82) is 0 Å². The van der Waals surface area contributed by atoms with Gasteiger partial charge in [0.05, 0.1) is 0 Å². The summed E-state index contributed by atoms with van der Waals surface area (Å²) >= 11 is 2.87. The molecule has 0 spiro atoms. The molecule has 0 aliphatic carbocycles. The van der Waals surface area contributed by atoms with Crippen LogP contribution in [-0.2, 0) is 16.6 Å². The third kappa shape index (κ3) is 3.87. The van der Waals surface area contributed by atoms with Gasteiger partial charge in [0, 0.05) is 17.1 Å². The summed E-state index contributed by atoms with van der Waals surface area (Å²) < 4.78 is 53.1. The first kappa shape index (κ1) is 16.1. The fraction of sp³-hybridized carbons (Fsp3) is 0.143. The van der Waals surface area contributed by atoms with Crippen molar-refractivity contribution in [2.75, 3.05) is 0 Å². The molecule has 0 fully saturated rings. The van der Waals surface area contributed by atoms with Gasteiger partial charge < -0.3 is 0 Å². The van der Waals surface area contributed by atoms with Crippen LogP contribution in [0.25, 0.3) is 0 Å². The summed E-state index contributed by atoms with van der Waals surface area (Å²) in [6.45, 7) is 1.90. The first-order valence-electron chi connectivity index (χ1n) is 5.99. The molecule has 0 unspecified atom stereocenters. The number of aryl methyl sites for hydroxylation is 1. The zero-order valence-electron chi connectivity index (χ0n) is 11.0. The van der Waals surface area contributed by atoms with Crippen molar-refractivity contribution in [3.63, 3.8) is 0 Å². The Labute approximate surface area is 130 Å². The Kier molecular flexibility index (Phi) is 4.75. The number of hydrogen-bond donors (Lipinski definition) is 1. The van der Waals surface area contributed by atoms with Crippen LogP contribution in [0.3, 0.4) is 0 Å². The second kappa shape index (κ2) is 6.21. The molecule has 2 aromatic rings. The summed E-state index contributed by atoms with van der Waals surface area (Å²) in [5.41, 5.74) is 1.73. The van der Waals surface area contributed by atoms with Crippen LogP contribution in [0, 0.1) is 18.6 Å². The molecule has 3 nitrogen and oxygen atoms in total. The number of rotatable bonds is 4. The van der Waals surface area contributed by atoms with Crippen LogP contribution >= 0.6 is 15.9 Å². The van der Waals surface area contributed by atoms with E-state index >= 15 is 0 Å². The van der Waals surface area contributed by atoms with Gasteiger partial charge >= 0.3 is 0 Å². The van der Waals surface area contributed by atoms with Gasteiger partial charge in [-0.25, -0.2) is 21.9 Å². The molecular weight excluding hydrogens is 364 g/mol. The fourth-order valence-corrected chi connectivity index (χ4v) is 4.04. The highest BCUT2D eigenvalue weighted by Gasteiger charge is 2.23. The van der Waals surface area contributed by atoms with E-state index in [4.69, 9.17) is 0 Å². The lowest BCUT2D eigenvalue weighted by Gasteiger charge is -2.10. The molecule has 0 aliphatic heterocycles. The zero-order chi connectivity index (χ0) is 15.6. The van der Waals surface area contributed by atoms with Crippen LogP contribution in [0.1, 0.15) is 11.1 Å². The summed E-state index contributed by atoms with van der Waals surface area (Å²) in [6.07, 6.45) is 0. The van der Waals surface area contributed by atoms with Crippen molar-refractivity contribution >= 4 is 26.0 Å². The van der Waals surface area contributed by atoms with E-state index in [0.717, 1.165) is 17.2 Å². The minimum absolute atomic E-state index is 0.0211. The van der Waals surface area contributed by atoms with Gasteiger partial charge in [-0.05, 0) is 34.5 Å². The SMILES string of the molecule is Cc1cccc(CNS(=O)(=O)c2c(F)cc(F)cc2Br)c1. The van der Waals surface area contributed by atoms with Crippen molar-refractivity contribution in [2.24, 2.45) is 0 Å². The third-order valence-corrected chi connectivity index (χ3v) is 5.15. The van der Waals surface area contributed by atoms with Crippen molar-refractivity contribution in [2.45, 2.75) is 18.4 Å². The summed E-state index contributed by atoms with van der Waals surface area (Å²) in [5, 5.41) is 0. The maximum absolute atomic E-state index is 13.7. The predicted octanol–water partition coefficient (Wildman–Crippen LogP) is 3.51. The molecule has 0 saturated heterocycles. The molecule has 0 aliphatic rings. The molecule has 112 valence electrons. The number of sulfonamides is 1. The molecule has 0 amide bonds. The standard InChI is InChI=1S/C14H12BrF2NO2S/c1-9-3-2-4-10(5-9)8-18-21(19,20)14-12(15)6-11(16)7-13(14)17/h2-7,18H,8H2,1H3. The Bertz CT molecular complexity index is 755. The van der Waals surface area contributed by atoms with E-state index < -0.39 is 26.6 Å². The first-order valence-corrected chi connectivity index (χ1v) is 8.27. The van der Waals surface area contributed by atoms with Gasteiger partial charge in [-0.1, -0.05) is 29.8 Å². The van der Waals surface area contributed by atoms with Crippen molar-refractivity contribution < 1.29 is 17.2 Å².